The Kier molecular flexibility index (Phi) is 4.48. The summed E-state index contributed by atoms with van der Waals surface area (Å²) in [5.41, 5.74) is 1.34. The molecule has 1 N–H and O–H groups in total. The summed E-state index contributed by atoms with van der Waals surface area (Å²) < 4.78 is 0. The van der Waals surface area contributed by atoms with Gasteiger partial charge in [0, 0.05) is 24.1 Å². The van der Waals surface area contributed by atoms with Crippen LogP contribution in [-0.4, -0.2) is 21.8 Å². The second-order valence-corrected chi connectivity index (χ2v) is 4.75. The fourth-order valence-electron chi connectivity index (χ4n) is 1.85. The fourth-order valence-corrected chi connectivity index (χ4v) is 2.05. The summed E-state index contributed by atoms with van der Waals surface area (Å²) in [4.78, 5) is 26.5. The van der Waals surface area contributed by atoms with E-state index < -0.39 is 5.97 Å². The average Bonchev–Trinajstić information content (AvgIpc) is 2.41. The molecule has 0 amide bonds. The number of ketones is 1. The maximum atomic E-state index is 12.0. The quantitative estimate of drug-likeness (QED) is 0.919. The Morgan fingerprint density at radius 1 is 1.15 bits per heavy atom. The highest BCUT2D eigenvalue weighted by atomic mass is 35.5. The zero-order valence-electron chi connectivity index (χ0n) is 10.5. The zero-order valence-corrected chi connectivity index (χ0v) is 11.3. The Labute approximate surface area is 121 Å². The van der Waals surface area contributed by atoms with E-state index in [-0.39, 0.29) is 24.3 Å². The summed E-state index contributed by atoms with van der Waals surface area (Å²) >= 11 is 6.00. The maximum absolute atomic E-state index is 12.0. The van der Waals surface area contributed by atoms with Gasteiger partial charge in [-0.1, -0.05) is 29.8 Å². The second-order valence-electron chi connectivity index (χ2n) is 4.34. The molecule has 0 radical (unpaired) electrons. The van der Waals surface area contributed by atoms with Crippen molar-refractivity contribution in [3.05, 3.63) is 64.4 Å². The number of carboxylic acid groups (broad SMARTS) is 1. The molecule has 20 heavy (non-hydrogen) atoms. The van der Waals surface area contributed by atoms with E-state index in [1.54, 1.807) is 24.3 Å². The Hall–Kier alpha value is -2.20. The molecule has 2 rings (SSSR count). The van der Waals surface area contributed by atoms with Crippen molar-refractivity contribution in [3.8, 4) is 0 Å². The smallest absolute Gasteiger partial charge is 0.354 e. The number of Topliss-reactive ketones (excluding diaryl/α,β-unsaturated/α-hetero) is 1. The Bertz CT molecular complexity index is 655. The van der Waals surface area contributed by atoms with Crippen molar-refractivity contribution < 1.29 is 14.7 Å². The van der Waals surface area contributed by atoms with Crippen LogP contribution in [0.5, 0.6) is 0 Å². The van der Waals surface area contributed by atoms with Gasteiger partial charge < -0.3 is 5.11 Å². The van der Waals surface area contributed by atoms with Crippen LogP contribution in [0.4, 0.5) is 0 Å². The number of carbonyl (C=O) groups is 2. The van der Waals surface area contributed by atoms with Gasteiger partial charge in [-0.3, -0.25) is 4.79 Å². The minimum absolute atomic E-state index is 0.0272. The van der Waals surface area contributed by atoms with Gasteiger partial charge in [0.2, 0.25) is 0 Å². The summed E-state index contributed by atoms with van der Waals surface area (Å²) in [6, 6.07) is 10.2. The first-order valence-electron chi connectivity index (χ1n) is 5.99. The van der Waals surface area contributed by atoms with Crippen LogP contribution in [0.1, 0.15) is 21.6 Å². The molecule has 0 atom stereocenters. The van der Waals surface area contributed by atoms with Crippen molar-refractivity contribution in [2.24, 2.45) is 0 Å². The lowest BCUT2D eigenvalue weighted by atomic mass is 10.0. The number of halogens is 1. The maximum Gasteiger partial charge on any atom is 0.354 e. The first-order valence-corrected chi connectivity index (χ1v) is 6.37. The summed E-state index contributed by atoms with van der Waals surface area (Å²) in [5.74, 6) is -1.13. The van der Waals surface area contributed by atoms with Gasteiger partial charge in [0.05, 0.1) is 0 Å². The van der Waals surface area contributed by atoms with E-state index in [0.717, 1.165) is 5.56 Å². The molecule has 1 aromatic heterocycles. The van der Waals surface area contributed by atoms with Gasteiger partial charge >= 0.3 is 5.97 Å². The van der Waals surface area contributed by atoms with Crippen LogP contribution in [0.2, 0.25) is 5.02 Å². The summed E-state index contributed by atoms with van der Waals surface area (Å²) in [7, 11) is 0. The number of hydrogen-bond acceptors (Lipinski definition) is 3. The van der Waals surface area contributed by atoms with Gasteiger partial charge in [-0.15, -0.1) is 0 Å². The van der Waals surface area contributed by atoms with E-state index >= 15 is 0 Å². The molecule has 1 aromatic carbocycles. The molecule has 0 aliphatic carbocycles. The van der Waals surface area contributed by atoms with Crippen LogP contribution < -0.4 is 0 Å². The van der Waals surface area contributed by atoms with E-state index in [9.17, 15) is 9.59 Å². The largest absolute Gasteiger partial charge is 0.477 e. The zero-order chi connectivity index (χ0) is 14.5. The number of aromatic carboxylic acids is 1. The minimum Gasteiger partial charge on any atom is -0.477 e. The van der Waals surface area contributed by atoms with Crippen molar-refractivity contribution in [1.29, 1.82) is 0 Å². The van der Waals surface area contributed by atoms with Crippen molar-refractivity contribution in [2.75, 3.05) is 0 Å². The third-order valence-corrected chi connectivity index (χ3v) is 3.16. The Morgan fingerprint density at radius 2 is 1.90 bits per heavy atom. The van der Waals surface area contributed by atoms with Crippen LogP contribution >= 0.6 is 11.6 Å². The highest BCUT2D eigenvalue weighted by molar-refractivity contribution is 6.31. The Morgan fingerprint density at radius 3 is 2.60 bits per heavy atom. The molecule has 102 valence electrons. The van der Waals surface area contributed by atoms with Crippen molar-refractivity contribution in [3.63, 3.8) is 0 Å². The van der Waals surface area contributed by atoms with E-state index in [0.29, 0.717) is 10.6 Å². The molecule has 0 saturated heterocycles. The molecule has 0 saturated carbocycles. The number of pyridine rings is 1. The first kappa shape index (κ1) is 14.2. The molecule has 2 aromatic rings. The molecular weight excluding hydrogens is 278 g/mol. The number of hydrogen-bond donors (Lipinski definition) is 1. The predicted molar refractivity (Wildman–Crippen MR) is 75.1 cm³/mol. The van der Waals surface area contributed by atoms with Crippen molar-refractivity contribution >= 4 is 23.4 Å². The number of carboxylic acids is 1. The van der Waals surface area contributed by atoms with E-state index in [4.69, 9.17) is 16.7 Å². The number of aromatic nitrogens is 1. The van der Waals surface area contributed by atoms with Crippen molar-refractivity contribution in [1.82, 2.24) is 4.98 Å². The molecule has 0 aliphatic heterocycles. The number of nitrogens with zero attached hydrogens (tertiary/aromatic N) is 1. The van der Waals surface area contributed by atoms with Crippen LogP contribution in [0.25, 0.3) is 0 Å². The van der Waals surface area contributed by atoms with Gasteiger partial charge in [0.1, 0.15) is 11.5 Å². The molecule has 0 fully saturated rings. The minimum atomic E-state index is -1.11. The predicted octanol–water partition coefficient (Wildman–Crippen LogP) is 2.79. The third kappa shape index (κ3) is 3.65. The van der Waals surface area contributed by atoms with E-state index in [1.807, 2.05) is 6.07 Å². The van der Waals surface area contributed by atoms with Crippen LogP contribution in [-0.2, 0) is 17.6 Å². The van der Waals surface area contributed by atoms with E-state index in [2.05, 4.69) is 4.98 Å². The highest BCUT2D eigenvalue weighted by Gasteiger charge is 2.10. The molecule has 0 bridgehead atoms. The second kappa shape index (κ2) is 6.30. The topological polar surface area (TPSA) is 67.3 Å². The van der Waals surface area contributed by atoms with Gasteiger partial charge in [-0.2, -0.15) is 0 Å². The van der Waals surface area contributed by atoms with Crippen LogP contribution in [0.3, 0.4) is 0 Å². The van der Waals surface area contributed by atoms with Gasteiger partial charge in [-0.25, -0.2) is 9.78 Å². The lowest BCUT2D eigenvalue weighted by Gasteiger charge is -2.04. The number of carbonyl (C=O) groups excluding carboxylic acids is 1. The fraction of sp³-hybridized carbons (Fsp3) is 0.133. The third-order valence-electron chi connectivity index (χ3n) is 2.79. The molecule has 5 heteroatoms. The van der Waals surface area contributed by atoms with E-state index in [1.165, 1.54) is 12.3 Å². The monoisotopic (exact) mass is 289 g/mol. The average molecular weight is 290 g/mol. The number of rotatable bonds is 5. The van der Waals surface area contributed by atoms with Gasteiger partial charge in [0.25, 0.3) is 0 Å². The molecular formula is C15H12ClNO3. The lowest BCUT2D eigenvalue weighted by Crippen LogP contribution is -2.08. The highest BCUT2D eigenvalue weighted by Crippen LogP contribution is 2.16. The summed E-state index contributed by atoms with van der Waals surface area (Å²) in [5, 5.41) is 9.41. The number of benzene rings is 1. The first-order chi connectivity index (χ1) is 9.56. The van der Waals surface area contributed by atoms with Crippen LogP contribution in [0, 0.1) is 0 Å². The molecule has 1 heterocycles. The summed E-state index contributed by atoms with van der Waals surface area (Å²) in [6.45, 7) is 0. The van der Waals surface area contributed by atoms with Crippen molar-refractivity contribution in [2.45, 2.75) is 12.8 Å². The van der Waals surface area contributed by atoms with Gasteiger partial charge in [-0.05, 0) is 29.3 Å². The summed E-state index contributed by atoms with van der Waals surface area (Å²) in [6.07, 6.45) is 1.78. The normalized spacial score (nSPS) is 10.2. The molecule has 4 nitrogen and oxygen atoms in total. The molecule has 0 spiro atoms. The standard InChI is InChI=1S/C15H12ClNO3/c16-13-4-2-1-3-11(13)9-12(18)7-10-5-6-17-14(8-10)15(19)20/h1-6,8H,7,9H2,(H,19,20). The molecule has 0 unspecified atom stereocenters. The van der Waals surface area contributed by atoms with Crippen LogP contribution in [0.15, 0.2) is 42.6 Å². The Balaban J connectivity index is 2.07. The molecule has 0 aliphatic rings. The van der Waals surface area contributed by atoms with Gasteiger partial charge in [0.15, 0.2) is 0 Å². The SMILES string of the molecule is O=C(Cc1ccnc(C(=O)O)c1)Cc1ccccc1Cl. The lowest BCUT2D eigenvalue weighted by molar-refractivity contribution is -0.117.